The highest BCUT2D eigenvalue weighted by Crippen LogP contribution is 2.33. The third-order valence-electron chi connectivity index (χ3n) is 7.72. The first-order valence-corrected chi connectivity index (χ1v) is 15.2. The number of amides is 1. The average Bonchev–Trinajstić information content (AvgIpc) is 2.92. The first-order valence-electron chi connectivity index (χ1n) is 13.3. The summed E-state index contributed by atoms with van der Waals surface area (Å²) in [6.07, 6.45) is 2.44. The van der Waals surface area contributed by atoms with Gasteiger partial charge in [-0.15, -0.1) is 0 Å². The lowest BCUT2D eigenvalue weighted by Gasteiger charge is -2.38. The zero-order chi connectivity index (χ0) is 28.7. The normalized spacial score (nSPS) is 16.5. The number of carbonyl (C=O) groups excluding carboxylic acids is 1. The van der Waals surface area contributed by atoms with Gasteiger partial charge in [-0.3, -0.25) is 9.78 Å². The van der Waals surface area contributed by atoms with Crippen molar-refractivity contribution in [2.45, 2.75) is 31.6 Å². The minimum Gasteiger partial charge on any atom is -0.389 e. The van der Waals surface area contributed by atoms with Crippen LogP contribution in [0, 0.1) is 6.92 Å². The Balaban J connectivity index is 1.45. The van der Waals surface area contributed by atoms with Crippen LogP contribution in [0.2, 0.25) is 0 Å². The molecular formula is C29H35N5O5S. The van der Waals surface area contributed by atoms with Gasteiger partial charge in [-0.25, -0.2) is 13.4 Å². The fraction of sp³-hybridized carbons (Fsp3) is 0.414. The van der Waals surface area contributed by atoms with Crippen LogP contribution in [-0.2, 0) is 19.3 Å². The smallest absolute Gasteiger partial charge is 0.255 e. The molecule has 2 saturated heterocycles. The quantitative estimate of drug-likeness (QED) is 0.445. The van der Waals surface area contributed by atoms with Crippen molar-refractivity contribution in [2.24, 2.45) is 0 Å². The van der Waals surface area contributed by atoms with Crippen LogP contribution >= 0.6 is 0 Å². The minimum absolute atomic E-state index is 0.355. The van der Waals surface area contributed by atoms with Crippen LogP contribution in [0.1, 0.15) is 35.5 Å². The van der Waals surface area contributed by atoms with Crippen molar-refractivity contribution in [1.29, 1.82) is 0 Å². The third-order valence-corrected chi connectivity index (χ3v) is 9.81. The number of aryl methyl sites for hydroxylation is 1. The summed E-state index contributed by atoms with van der Waals surface area (Å²) < 4.78 is 29.0. The third kappa shape index (κ3) is 5.67. The van der Waals surface area contributed by atoms with Gasteiger partial charge in [0.05, 0.1) is 35.9 Å². The first-order chi connectivity index (χ1) is 18.9. The van der Waals surface area contributed by atoms with Gasteiger partial charge in [0.1, 0.15) is 11.6 Å². The lowest BCUT2D eigenvalue weighted by Crippen LogP contribution is -2.51. The van der Waals surface area contributed by atoms with Gasteiger partial charge in [0, 0.05) is 49.3 Å². The van der Waals surface area contributed by atoms with Crippen LogP contribution < -0.4 is 15.1 Å². The van der Waals surface area contributed by atoms with Gasteiger partial charge in [0.2, 0.25) is 0 Å². The molecule has 0 aliphatic carbocycles. The predicted octanol–water partition coefficient (Wildman–Crippen LogP) is 3.00. The molecule has 0 unspecified atom stereocenters. The van der Waals surface area contributed by atoms with Gasteiger partial charge in [-0.05, 0) is 62.2 Å². The monoisotopic (exact) mass is 565 g/mol. The van der Waals surface area contributed by atoms with E-state index in [1.54, 1.807) is 44.3 Å². The van der Waals surface area contributed by atoms with Crippen molar-refractivity contribution in [3.05, 3.63) is 65.5 Å². The molecule has 5 rings (SSSR count). The number of ether oxygens (including phenoxy) is 1. The minimum atomic E-state index is -3.39. The number of nitrogens with one attached hydrogen (secondary N) is 1. The molecule has 2 aromatic heterocycles. The van der Waals surface area contributed by atoms with Gasteiger partial charge in [-0.2, -0.15) is 0 Å². The largest absolute Gasteiger partial charge is 0.389 e. The standard InChI is InChI=1S/C29H35N5O5S/c1-19-25(21-13-26(33-8-10-39-11-9-33)32-27(14-21)34-17-24(35)18-34)15-23(16-30-19)31-28(36)20-6-5-7-22(12-20)29(2,3)40(4,37)38/h5-7,12-16,24,35H,8-11,17-18H2,1-4H3,(H,31,36). The maximum Gasteiger partial charge on any atom is 0.255 e. The molecule has 2 N–H and O–H groups in total. The van der Waals surface area contributed by atoms with E-state index in [0.29, 0.717) is 43.1 Å². The second kappa shape index (κ2) is 10.8. The summed E-state index contributed by atoms with van der Waals surface area (Å²) in [4.78, 5) is 26.9. The summed E-state index contributed by atoms with van der Waals surface area (Å²) in [7, 11) is -3.39. The first kappa shape index (κ1) is 28.0. The molecular weight excluding hydrogens is 530 g/mol. The number of benzene rings is 1. The van der Waals surface area contributed by atoms with E-state index in [0.717, 1.165) is 41.5 Å². The number of anilines is 3. The second-order valence-corrected chi connectivity index (χ2v) is 13.5. The number of aliphatic hydroxyl groups is 1. The summed E-state index contributed by atoms with van der Waals surface area (Å²) >= 11 is 0. The van der Waals surface area contributed by atoms with E-state index in [-0.39, 0.29) is 12.0 Å². The highest BCUT2D eigenvalue weighted by atomic mass is 32.2. The molecule has 2 aliphatic rings. The van der Waals surface area contributed by atoms with E-state index in [9.17, 15) is 18.3 Å². The van der Waals surface area contributed by atoms with E-state index in [1.807, 2.05) is 30.0 Å². The molecule has 0 bridgehead atoms. The summed E-state index contributed by atoms with van der Waals surface area (Å²) in [5, 5.41) is 12.8. The maximum absolute atomic E-state index is 13.2. The number of hydrogen-bond donors (Lipinski definition) is 2. The highest BCUT2D eigenvalue weighted by molar-refractivity contribution is 7.91. The lowest BCUT2D eigenvalue weighted by molar-refractivity contribution is 0.102. The van der Waals surface area contributed by atoms with Crippen LogP contribution in [-0.4, -0.2) is 81.2 Å². The van der Waals surface area contributed by atoms with Crippen LogP contribution in [0.4, 0.5) is 17.3 Å². The zero-order valence-electron chi connectivity index (χ0n) is 23.2. The van der Waals surface area contributed by atoms with Crippen molar-refractivity contribution in [1.82, 2.24) is 9.97 Å². The van der Waals surface area contributed by atoms with E-state index in [4.69, 9.17) is 9.72 Å². The average molecular weight is 566 g/mol. The molecule has 0 saturated carbocycles. The number of pyridine rings is 2. The van der Waals surface area contributed by atoms with Gasteiger partial charge >= 0.3 is 0 Å². The Morgan fingerprint density at radius 1 is 1.07 bits per heavy atom. The fourth-order valence-corrected chi connectivity index (χ4v) is 5.32. The number of carbonyl (C=O) groups is 1. The van der Waals surface area contributed by atoms with Crippen LogP contribution in [0.15, 0.2) is 48.7 Å². The molecule has 0 atom stereocenters. The Kier molecular flexibility index (Phi) is 7.56. The molecule has 2 fully saturated rings. The number of hydrogen-bond acceptors (Lipinski definition) is 9. The molecule has 40 heavy (non-hydrogen) atoms. The molecule has 0 spiro atoms. The van der Waals surface area contributed by atoms with Gasteiger partial charge in [-0.1, -0.05) is 12.1 Å². The Morgan fingerprint density at radius 3 is 2.40 bits per heavy atom. The summed E-state index contributed by atoms with van der Waals surface area (Å²) in [5.74, 6) is 1.25. The van der Waals surface area contributed by atoms with Gasteiger partial charge in [0.25, 0.3) is 5.91 Å². The molecule has 3 aromatic rings. The summed E-state index contributed by atoms with van der Waals surface area (Å²) in [5.41, 5.74) is 3.97. The summed E-state index contributed by atoms with van der Waals surface area (Å²) in [6.45, 7) is 8.97. The lowest BCUT2D eigenvalue weighted by atomic mass is 9.99. The van der Waals surface area contributed by atoms with Gasteiger partial charge in [0.15, 0.2) is 9.84 Å². The number of morpholine rings is 1. The second-order valence-electron chi connectivity index (χ2n) is 10.9. The van der Waals surface area contributed by atoms with Crippen molar-refractivity contribution in [2.75, 3.05) is 60.8 Å². The Hall–Kier alpha value is -3.54. The van der Waals surface area contributed by atoms with E-state index >= 15 is 0 Å². The van der Waals surface area contributed by atoms with Gasteiger partial charge < -0.3 is 25.0 Å². The molecule has 11 heteroatoms. The van der Waals surface area contributed by atoms with Crippen molar-refractivity contribution < 1.29 is 23.1 Å². The number of sulfone groups is 1. The number of β-amino-alcohol motifs (C(OH)–C–C–N with tert-alkyl or cyclic N) is 1. The number of rotatable bonds is 7. The van der Waals surface area contributed by atoms with Crippen molar-refractivity contribution in [3.8, 4) is 11.1 Å². The molecule has 4 heterocycles. The SMILES string of the molecule is Cc1ncc(NC(=O)c2cccc(C(C)(C)S(C)(=O)=O)c2)cc1-c1cc(N2CCOCC2)nc(N2CC(O)C2)c1. The molecule has 212 valence electrons. The number of aromatic nitrogens is 2. The summed E-state index contributed by atoms with van der Waals surface area (Å²) in [6, 6.07) is 12.6. The predicted molar refractivity (Wildman–Crippen MR) is 156 cm³/mol. The van der Waals surface area contributed by atoms with Crippen LogP contribution in [0.25, 0.3) is 11.1 Å². The zero-order valence-corrected chi connectivity index (χ0v) is 24.0. The maximum atomic E-state index is 13.2. The van der Waals surface area contributed by atoms with Crippen LogP contribution in [0.5, 0.6) is 0 Å². The Labute approximate surface area is 234 Å². The van der Waals surface area contributed by atoms with Crippen molar-refractivity contribution >= 4 is 33.1 Å². The fourth-order valence-electron chi connectivity index (χ4n) is 4.76. The molecule has 1 aromatic carbocycles. The van der Waals surface area contributed by atoms with E-state index in [1.165, 1.54) is 6.26 Å². The molecule has 2 aliphatic heterocycles. The Morgan fingerprint density at radius 2 is 1.75 bits per heavy atom. The number of aliphatic hydroxyl groups excluding tert-OH is 1. The van der Waals surface area contributed by atoms with Crippen LogP contribution in [0.3, 0.4) is 0 Å². The van der Waals surface area contributed by atoms with E-state index in [2.05, 4.69) is 15.2 Å². The number of nitrogens with zero attached hydrogens (tertiary/aromatic N) is 4. The van der Waals surface area contributed by atoms with E-state index < -0.39 is 14.6 Å². The molecule has 0 radical (unpaired) electrons. The van der Waals surface area contributed by atoms with Crippen molar-refractivity contribution in [3.63, 3.8) is 0 Å². The topological polar surface area (TPSA) is 125 Å². The highest BCUT2D eigenvalue weighted by Gasteiger charge is 2.32. The Bertz CT molecular complexity index is 1530. The molecule has 10 nitrogen and oxygen atoms in total. The molecule has 1 amide bonds.